The number of nitrogens with zero attached hydrogens (tertiary/aromatic N) is 2. The van der Waals surface area contributed by atoms with Crippen molar-refractivity contribution in [3.05, 3.63) is 31.9 Å². The second-order valence-electron chi connectivity index (χ2n) is 2.59. The third-order valence-electron chi connectivity index (χ3n) is 1.67. The van der Waals surface area contributed by atoms with Gasteiger partial charge in [0.1, 0.15) is 4.47 Å². The Morgan fingerprint density at radius 2 is 2.27 bits per heavy atom. The standard InChI is InChI=1S/C7H6BrF2N3O2/c8-4-1-3(6(9)10)5(2-11)12-7(4)13(14)15/h1,6H,2,11H2. The molecule has 1 heterocycles. The van der Waals surface area contributed by atoms with E-state index in [4.69, 9.17) is 5.73 Å². The van der Waals surface area contributed by atoms with Crippen LogP contribution in [0.15, 0.2) is 10.5 Å². The smallest absolute Gasteiger partial charge is 0.358 e. The summed E-state index contributed by atoms with van der Waals surface area (Å²) in [7, 11) is 0. The minimum Gasteiger partial charge on any atom is -0.358 e. The van der Waals surface area contributed by atoms with Crippen molar-refractivity contribution < 1.29 is 13.7 Å². The molecule has 82 valence electrons. The molecule has 2 N–H and O–H groups in total. The van der Waals surface area contributed by atoms with Crippen LogP contribution < -0.4 is 5.73 Å². The highest BCUT2D eigenvalue weighted by Crippen LogP contribution is 2.30. The molecule has 1 aromatic rings. The van der Waals surface area contributed by atoms with Crippen LogP contribution in [0.25, 0.3) is 0 Å². The first kappa shape index (κ1) is 11.9. The molecule has 0 unspecified atom stereocenters. The van der Waals surface area contributed by atoms with Crippen molar-refractivity contribution in [3.8, 4) is 0 Å². The van der Waals surface area contributed by atoms with Crippen LogP contribution in [-0.2, 0) is 6.54 Å². The van der Waals surface area contributed by atoms with Crippen molar-refractivity contribution in [3.63, 3.8) is 0 Å². The SMILES string of the molecule is NCc1nc([N+](=O)[O-])c(Br)cc1C(F)F. The van der Waals surface area contributed by atoms with Crippen LogP contribution in [0.2, 0.25) is 0 Å². The summed E-state index contributed by atoms with van der Waals surface area (Å²) in [5.41, 5.74) is 4.61. The molecule has 0 aliphatic heterocycles. The Morgan fingerprint density at radius 1 is 1.67 bits per heavy atom. The minimum absolute atomic E-state index is 0.0833. The topological polar surface area (TPSA) is 82.0 Å². The van der Waals surface area contributed by atoms with Crippen molar-refractivity contribution in [1.82, 2.24) is 4.98 Å². The molecule has 0 spiro atoms. The molecule has 0 radical (unpaired) electrons. The molecule has 0 aliphatic carbocycles. The van der Waals surface area contributed by atoms with Crippen molar-refractivity contribution in [2.24, 2.45) is 5.73 Å². The normalized spacial score (nSPS) is 10.7. The van der Waals surface area contributed by atoms with E-state index < -0.39 is 22.7 Å². The molecule has 0 amide bonds. The van der Waals surface area contributed by atoms with Gasteiger partial charge in [0.25, 0.3) is 6.43 Å². The van der Waals surface area contributed by atoms with Gasteiger partial charge in [-0.05, 0) is 31.9 Å². The zero-order chi connectivity index (χ0) is 11.6. The molecule has 0 saturated heterocycles. The van der Waals surface area contributed by atoms with Crippen LogP contribution in [0.4, 0.5) is 14.6 Å². The number of aromatic nitrogens is 1. The maximum Gasteiger partial charge on any atom is 0.378 e. The number of hydrogen-bond acceptors (Lipinski definition) is 4. The molecule has 1 rings (SSSR count). The zero-order valence-corrected chi connectivity index (χ0v) is 8.87. The predicted octanol–water partition coefficient (Wildman–Crippen LogP) is 2.15. The molecule has 15 heavy (non-hydrogen) atoms. The van der Waals surface area contributed by atoms with Crippen LogP contribution in [0, 0.1) is 10.1 Å². The molecular weight excluding hydrogens is 276 g/mol. The van der Waals surface area contributed by atoms with Crippen molar-refractivity contribution in [2.45, 2.75) is 13.0 Å². The van der Waals surface area contributed by atoms with E-state index in [9.17, 15) is 18.9 Å². The van der Waals surface area contributed by atoms with Gasteiger partial charge in [-0.15, -0.1) is 0 Å². The van der Waals surface area contributed by atoms with Gasteiger partial charge in [-0.3, -0.25) is 0 Å². The summed E-state index contributed by atoms with van der Waals surface area (Å²) in [6, 6.07) is 0.970. The summed E-state index contributed by atoms with van der Waals surface area (Å²) in [6.45, 7) is -0.270. The number of alkyl halides is 2. The van der Waals surface area contributed by atoms with E-state index in [1.54, 1.807) is 0 Å². The Labute approximate surface area is 91.6 Å². The maximum absolute atomic E-state index is 12.4. The monoisotopic (exact) mass is 281 g/mol. The third-order valence-corrected chi connectivity index (χ3v) is 2.25. The van der Waals surface area contributed by atoms with Gasteiger partial charge < -0.3 is 15.8 Å². The molecule has 0 aromatic carbocycles. The summed E-state index contributed by atoms with van der Waals surface area (Å²) in [5, 5.41) is 10.5. The Hall–Kier alpha value is -1.15. The quantitative estimate of drug-likeness (QED) is 0.680. The van der Waals surface area contributed by atoms with E-state index in [-0.39, 0.29) is 16.7 Å². The van der Waals surface area contributed by atoms with Gasteiger partial charge in [0.15, 0.2) is 5.69 Å². The van der Waals surface area contributed by atoms with Crippen molar-refractivity contribution in [1.29, 1.82) is 0 Å². The largest absolute Gasteiger partial charge is 0.378 e. The fourth-order valence-electron chi connectivity index (χ4n) is 1.01. The van der Waals surface area contributed by atoms with Gasteiger partial charge in [-0.1, -0.05) is 0 Å². The summed E-state index contributed by atoms with van der Waals surface area (Å²) in [5.74, 6) is -0.514. The van der Waals surface area contributed by atoms with E-state index in [2.05, 4.69) is 20.9 Å². The fraction of sp³-hybridized carbons (Fsp3) is 0.286. The zero-order valence-electron chi connectivity index (χ0n) is 7.28. The molecule has 0 aliphatic rings. The molecule has 8 heteroatoms. The lowest BCUT2D eigenvalue weighted by molar-refractivity contribution is -0.390. The van der Waals surface area contributed by atoms with Crippen molar-refractivity contribution >= 4 is 21.7 Å². The van der Waals surface area contributed by atoms with E-state index in [0.29, 0.717) is 0 Å². The fourth-order valence-corrected chi connectivity index (χ4v) is 1.49. The molecule has 0 atom stereocenters. The highest BCUT2D eigenvalue weighted by atomic mass is 79.9. The van der Waals surface area contributed by atoms with E-state index in [1.165, 1.54) is 0 Å². The number of rotatable bonds is 3. The lowest BCUT2D eigenvalue weighted by Crippen LogP contribution is -2.07. The highest BCUT2D eigenvalue weighted by Gasteiger charge is 2.23. The Bertz CT molecular complexity index is 400. The van der Waals surface area contributed by atoms with Crippen molar-refractivity contribution in [2.75, 3.05) is 0 Å². The van der Waals surface area contributed by atoms with Gasteiger partial charge in [-0.25, -0.2) is 8.78 Å². The van der Waals surface area contributed by atoms with Crippen LogP contribution in [-0.4, -0.2) is 9.91 Å². The number of nitro groups is 1. The minimum atomic E-state index is -2.76. The average molecular weight is 282 g/mol. The molecular formula is C7H6BrF2N3O2. The predicted molar refractivity (Wildman–Crippen MR) is 51.4 cm³/mol. The Kier molecular flexibility index (Phi) is 3.64. The van der Waals surface area contributed by atoms with E-state index in [1.807, 2.05) is 0 Å². The van der Waals surface area contributed by atoms with Crippen LogP contribution in [0.5, 0.6) is 0 Å². The molecule has 0 fully saturated rings. The van der Waals surface area contributed by atoms with E-state index in [0.717, 1.165) is 6.07 Å². The lowest BCUT2D eigenvalue weighted by Gasteiger charge is -2.03. The second kappa shape index (κ2) is 4.58. The average Bonchev–Trinajstić information content (AvgIpc) is 2.16. The number of nitrogens with two attached hydrogens (primary N) is 1. The van der Waals surface area contributed by atoms with Crippen LogP contribution in [0.3, 0.4) is 0 Å². The number of halogens is 3. The van der Waals surface area contributed by atoms with Gasteiger partial charge >= 0.3 is 5.82 Å². The Balaban J connectivity index is 3.35. The van der Waals surface area contributed by atoms with Gasteiger partial charge in [0, 0.05) is 0 Å². The lowest BCUT2D eigenvalue weighted by atomic mass is 10.2. The summed E-state index contributed by atoms with van der Waals surface area (Å²) in [6.07, 6.45) is -2.76. The molecule has 1 aromatic heterocycles. The second-order valence-corrected chi connectivity index (χ2v) is 3.45. The van der Waals surface area contributed by atoms with Crippen LogP contribution in [0.1, 0.15) is 17.7 Å². The van der Waals surface area contributed by atoms with Crippen LogP contribution >= 0.6 is 15.9 Å². The number of pyridine rings is 1. The Morgan fingerprint density at radius 3 is 2.67 bits per heavy atom. The van der Waals surface area contributed by atoms with Gasteiger partial charge in [0.05, 0.1) is 12.1 Å². The molecule has 5 nitrogen and oxygen atoms in total. The summed E-state index contributed by atoms with van der Waals surface area (Å²) < 4.78 is 24.8. The first-order chi connectivity index (χ1) is 6.97. The highest BCUT2D eigenvalue weighted by molar-refractivity contribution is 9.10. The van der Waals surface area contributed by atoms with E-state index >= 15 is 0 Å². The third kappa shape index (κ3) is 2.45. The summed E-state index contributed by atoms with van der Waals surface area (Å²) in [4.78, 5) is 13.2. The first-order valence-corrected chi connectivity index (χ1v) is 4.58. The number of hydrogen-bond donors (Lipinski definition) is 1. The molecule has 0 saturated carbocycles. The first-order valence-electron chi connectivity index (χ1n) is 3.79. The summed E-state index contributed by atoms with van der Waals surface area (Å²) >= 11 is 2.80. The van der Waals surface area contributed by atoms with Gasteiger partial charge in [0.2, 0.25) is 0 Å². The maximum atomic E-state index is 12.4. The molecule has 0 bridgehead atoms. The van der Waals surface area contributed by atoms with Gasteiger partial charge in [-0.2, -0.15) is 0 Å².